The van der Waals surface area contributed by atoms with Crippen molar-refractivity contribution in [2.24, 2.45) is 0 Å². The molecule has 1 fully saturated rings. The Kier molecular flexibility index (Phi) is 5.03. The van der Waals surface area contributed by atoms with Crippen molar-refractivity contribution in [3.05, 3.63) is 50.6 Å². The molecule has 1 aromatic carbocycles. The van der Waals surface area contributed by atoms with Crippen molar-refractivity contribution in [1.82, 2.24) is 0 Å². The molecule has 2 aromatic rings. The maximum absolute atomic E-state index is 12.3. The molecule has 1 aliphatic rings. The minimum atomic E-state index is -0.0114. The summed E-state index contributed by atoms with van der Waals surface area (Å²) in [5, 5.41) is 6.01. The Labute approximate surface area is 143 Å². The molecule has 0 saturated carbocycles. The zero-order valence-corrected chi connectivity index (χ0v) is 14.3. The first-order valence-corrected chi connectivity index (χ1v) is 8.90. The minimum Gasteiger partial charge on any atom is -0.320 e. The number of likely N-dealkylation sites (tertiary alicyclic amines) is 1. The van der Waals surface area contributed by atoms with Crippen LogP contribution < -0.4 is 10.2 Å². The van der Waals surface area contributed by atoms with Crippen LogP contribution in [-0.4, -0.2) is 19.0 Å². The first-order chi connectivity index (χ1) is 10.6. The van der Waals surface area contributed by atoms with Gasteiger partial charge in [-0.1, -0.05) is 29.3 Å². The molecule has 2 N–H and O–H groups in total. The summed E-state index contributed by atoms with van der Waals surface area (Å²) in [6.07, 6.45) is 2.30. The van der Waals surface area contributed by atoms with Crippen molar-refractivity contribution in [3.8, 4) is 0 Å². The van der Waals surface area contributed by atoms with Gasteiger partial charge in [-0.15, -0.1) is 11.3 Å². The fourth-order valence-electron chi connectivity index (χ4n) is 2.95. The van der Waals surface area contributed by atoms with Crippen LogP contribution in [0.4, 0.5) is 5.69 Å². The molecule has 2 atom stereocenters. The van der Waals surface area contributed by atoms with Gasteiger partial charge in [0.05, 0.1) is 22.1 Å². The number of amides is 1. The number of hydrogen-bond acceptors (Lipinski definition) is 2. The number of thiophene rings is 1. The Balaban J connectivity index is 1.64. The van der Waals surface area contributed by atoms with Gasteiger partial charge in [0.2, 0.25) is 0 Å². The third kappa shape index (κ3) is 3.63. The average Bonchev–Trinajstić information content (AvgIpc) is 3.12. The van der Waals surface area contributed by atoms with Crippen molar-refractivity contribution in [2.45, 2.75) is 18.9 Å². The first-order valence-electron chi connectivity index (χ1n) is 7.26. The summed E-state index contributed by atoms with van der Waals surface area (Å²) >= 11 is 13.7. The molecule has 116 valence electrons. The van der Waals surface area contributed by atoms with E-state index in [1.54, 1.807) is 29.5 Å². The smallest absolute Gasteiger partial charge is 0.279 e. The van der Waals surface area contributed by atoms with Crippen LogP contribution in [0.15, 0.2) is 35.7 Å². The SMILES string of the molecule is O=C(C[NH+]1CCC[C@H]1c1cccs1)Nc1ccc(Cl)cc1Cl. The Morgan fingerprint density at radius 3 is 2.95 bits per heavy atom. The standard InChI is InChI=1S/C16H16Cl2N2OS/c17-11-5-6-13(12(18)9-11)19-16(21)10-20-7-1-3-14(20)15-4-2-8-22-15/h2,4-6,8-9,14H,1,3,7,10H2,(H,19,21)/p+1/t14-/m0/s1. The highest BCUT2D eigenvalue weighted by Crippen LogP contribution is 2.25. The maximum atomic E-state index is 12.3. The van der Waals surface area contributed by atoms with E-state index in [2.05, 4.69) is 22.8 Å². The summed E-state index contributed by atoms with van der Waals surface area (Å²) in [4.78, 5) is 15.0. The van der Waals surface area contributed by atoms with Gasteiger partial charge < -0.3 is 10.2 Å². The van der Waals surface area contributed by atoms with E-state index in [-0.39, 0.29) is 5.91 Å². The molecule has 1 aliphatic heterocycles. The Morgan fingerprint density at radius 2 is 2.23 bits per heavy atom. The lowest BCUT2D eigenvalue weighted by Crippen LogP contribution is -3.11. The number of anilines is 1. The molecule has 0 aliphatic carbocycles. The first kappa shape index (κ1) is 15.8. The largest absolute Gasteiger partial charge is 0.320 e. The summed E-state index contributed by atoms with van der Waals surface area (Å²) < 4.78 is 0. The van der Waals surface area contributed by atoms with E-state index < -0.39 is 0 Å². The summed E-state index contributed by atoms with van der Waals surface area (Å²) in [5.74, 6) is -0.0114. The molecule has 0 bridgehead atoms. The fourth-order valence-corrected chi connectivity index (χ4v) is 4.32. The predicted molar refractivity (Wildman–Crippen MR) is 92.1 cm³/mol. The van der Waals surface area contributed by atoms with Gasteiger partial charge in [0, 0.05) is 17.9 Å². The molecule has 22 heavy (non-hydrogen) atoms. The Bertz CT molecular complexity index is 660. The highest BCUT2D eigenvalue weighted by Gasteiger charge is 2.32. The number of benzene rings is 1. The van der Waals surface area contributed by atoms with Crippen LogP contribution in [-0.2, 0) is 4.79 Å². The molecule has 0 spiro atoms. The van der Waals surface area contributed by atoms with Crippen LogP contribution >= 0.6 is 34.5 Å². The van der Waals surface area contributed by atoms with Gasteiger partial charge in [-0.3, -0.25) is 4.79 Å². The molecule has 3 rings (SSSR count). The van der Waals surface area contributed by atoms with Crippen molar-refractivity contribution < 1.29 is 9.69 Å². The lowest BCUT2D eigenvalue weighted by atomic mass is 10.2. The molecule has 1 saturated heterocycles. The highest BCUT2D eigenvalue weighted by molar-refractivity contribution is 7.10. The second-order valence-electron chi connectivity index (χ2n) is 5.47. The van der Waals surface area contributed by atoms with Gasteiger partial charge in [0.15, 0.2) is 6.54 Å². The molecular formula is C16H17Cl2N2OS+. The van der Waals surface area contributed by atoms with E-state index in [9.17, 15) is 4.79 Å². The third-order valence-corrected chi connectivity index (χ3v) is 5.50. The number of rotatable bonds is 4. The summed E-state index contributed by atoms with van der Waals surface area (Å²) in [6, 6.07) is 9.76. The van der Waals surface area contributed by atoms with E-state index in [4.69, 9.17) is 23.2 Å². The van der Waals surface area contributed by atoms with Gasteiger partial charge in [-0.05, 0) is 29.6 Å². The lowest BCUT2D eigenvalue weighted by molar-refractivity contribution is -0.910. The highest BCUT2D eigenvalue weighted by atomic mass is 35.5. The van der Waals surface area contributed by atoms with Crippen LogP contribution in [0.3, 0.4) is 0 Å². The van der Waals surface area contributed by atoms with Gasteiger partial charge in [0.25, 0.3) is 5.91 Å². The van der Waals surface area contributed by atoms with Gasteiger partial charge in [-0.2, -0.15) is 0 Å². The van der Waals surface area contributed by atoms with E-state index in [0.717, 1.165) is 19.4 Å². The predicted octanol–water partition coefficient (Wildman–Crippen LogP) is 3.41. The molecule has 6 heteroatoms. The summed E-state index contributed by atoms with van der Waals surface area (Å²) in [5.41, 5.74) is 0.613. The normalized spacial score (nSPS) is 21.0. The molecular weight excluding hydrogens is 339 g/mol. The fraction of sp³-hybridized carbons (Fsp3) is 0.312. The molecule has 1 amide bonds. The van der Waals surface area contributed by atoms with E-state index in [0.29, 0.717) is 28.3 Å². The van der Waals surface area contributed by atoms with Gasteiger partial charge >= 0.3 is 0 Å². The van der Waals surface area contributed by atoms with Crippen molar-refractivity contribution in [1.29, 1.82) is 0 Å². The van der Waals surface area contributed by atoms with Crippen LogP contribution in [0.1, 0.15) is 23.8 Å². The van der Waals surface area contributed by atoms with Crippen molar-refractivity contribution in [3.63, 3.8) is 0 Å². The monoisotopic (exact) mass is 355 g/mol. The van der Waals surface area contributed by atoms with E-state index in [1.165, 1.54) is 9.78 Å². The third-order valence-electron chi connectivity index (χ3n) is 3.96. The van der Waals surface area contributed by atoms with Gasteiger partial charge in [-0.25, -0.2) is 0 Å². The number of nitrogens with one attached hydrogen (secondary N) is 2. The molecule has 3 nitrogen and oxygen atoms in total. The molecule has 1 unspecified atom stereocenters. The molecule has 1 aromatic heterocycles. The molecule has 0 radical (unpaired) electrons. The van der Waals surface area contributed by atoms with Crippen LogP contribution in [0.2, 0.25) is 10.0 Å². The number of carbonyl (C=O) groups excluding carboxylic acids is 1. The number of hydrogen-bond donors (Lipinski definition) is 2. The topological polar surface area (TPSA) is 33.5 Å². The second-order valence-corrected chi connectivity index (χ2v) is 7.29. The molecule has 2 heterocycles. The lowest BCUT2D eigenvalue weighted by Gasteiger charge is -2.20. The summed E-state index contributed by atoms with van der Waals surface area (Å²) in [7, 11) is 0. The zero-order valence-electron chi connectivity index (χ0n) is 11.9. The second kappa shape index (κ2) is 7.01. The number of quaternary nitrogens is 1. The van der Waals surface area contributed by atoms with Crippen LogP contribution in [0.5, 0.6) is 0 Å². The number of halogens is 2. The Hall–Kier alpha value is -1.07. The maximum Gasteiger partial charge on any atom is 0.279 e. The number of carbonyl (C=O) groups is 1. The van der Waals surface area contributed by atoms with E-state index in [1.807, 2.05) is 0 Å². The quantitative estimate of drug-likeness (QED) is 0.865. The summed E-state index contributed by atoms with van der Waals surface area (Å²) in [6.45, 7) is 1.49. The van der Waals surface area contributed by atoms with E-state index >= 15 is 0 Å². The van der Waals surface area contributed by atoms with Crippen LogP contribution in [0, 0.1) is 0 Å². The van der Waals surface area contributed by atoms with Crippen LogP contribution in [0.25, 0.3) is 0 Å². The van der Waals surface area contributed by atoms with Crippen molar-refractivity contribution in [2.75, 3.05) is 18.4 Å². The van der Waals surface area contributed by atoms with Gasteiger partial charge in [0.1, 0.15) is 6.04 Å². The van der Waals surface area contributed by atoms with Crippen molar-refractivity contribution >= 4 is 46.1 Å². The Morgan fingerprint density at radius 1 is 1.36 bits per heavy atom. The average molecular weight is 356 g/mol. The minimum absolute atomic E-state index is 0.0114. The zero-order chi connectivity index (χ0) is 15.5.